The number of aliphatic hydroxyl groups excluding tert-OH is 1. The number of aliphatic hydroxyl groups is 1. The van der Waals surface area contributed by atoms with Crippen molar-refractivity contribution in [1.29, 1.82) is 0 Å². The van der Waals surface area contributed by atoms with Crippen molar-refractivity contribution in [1.82, 2.24) is 9.88 Å². The van der Waals surface area contributed by atoms with E-state index >= 15 is 0 Å². The van der Waals surface area contributed by atoms with Gasteiger partial charge in [-0.3, -0.25) is 4.79 Å². The Labute approximate surface area is 147 Å². The maximum absolute atomic E-state index is 12.2. The molecule has 1 heterocycles. The van der Waals surface area contributed by atoms with Crippen LogP contribution in [0.2, 0.25) is 0 Å². The van der Waals surface area contributed by atoms with Gasteiger partial charge in [0.1, 0.15) is 11.9 Å². The minimum absolute atomic E-state index is 0.0712. The van der Waals surface area contributed by atoms with Crippen LogP contribution in [0.3, 0.4) is 0 Å². The first-order chi connectivity index (χ1) is 12.0. The molecule has 25 heavy (non-hydrogen) atoms. The normalized spacial score (nSPS) is 23.6. The number of hydrogen-bond donors (Lipinski definition) is 2. The summed E-state index contributed by atoms with van der Waals surface area (Å²) in [7, 11) is 3.61. The second-order valence-electron chi connectivity index (χ2n) is 6.72. The fourth-order valence-corrected chi connectivity index (χ4v) is 3.51. The molecule has 3 atom stereocenters. The molecular formula is C19H26N2O4. The number of fused-ring (bicyclic) bond motifs is 1. The van der Waals surface area contributed by atoms with Crippen molar-refractivity contribution in [3.05, 3.63) is 30.0 Å². The first kappa shape index (κ1) is 17.8. The quantitative estimate of drug-likeness (QED) is 0.867. The van der Waals surface area contributed by atoms with Crippen LogP contribution >= 0.6 is 0 Å². The van der Waals surface area contributed by atoms with E-state index in [2.05, 4.69) is 22.9 Å². The van der Waals surface area contributed by atoms with Gasteiger partial charge in [0.2, 0.25) is 0 Å². The summed E-state index contributed by atoms with van der Waals surface area (Å²) < 4.78 is 13.0. The molecule has 1 aromatic carbocycles. The summed E-state index contributed by atoms with van der Waals surface area (Å²) in [6, 6.07) is 7.60. The number of ether oxygens (including phenoxy) is 2. The van der Waals surface area contributed by atoms with E-state index in [1.54, 1.807) is 7.11 Å². The second kappa shape index (κ2) is 7.45. The number of aryl methyl sites for hydroxylation is 2. The topological polar surface area (TPSA) is 72.7 Å². The zero-order valence-corrected chi connectivity index (χ0v) is 15.0. The molecule has 0 unspecified atom stereocenters. The number of hydrogen-bond acceptors (Lipinski definition) is 4. The highest BCUT2D eigenvalue weighted by molar-refractivity contribution is 5.83. The molecule has 1 aliphatic rings. The van der Waals surface area contributed by atoms with Gasteiger partial charge in [0.15, 0.2) is 6.61 Å². The zero-order valence-electron chi connectivity index (χ0n) is 15.0. The van der Waals surface area contributed by atoms with Crippen molar-refractivity contribution in [3.63, 3.8) is 0 Å². The highest BCUT2D eigenvalue weighted by Crippen LogP contribution is 2.24. The molecule has 1 aliphatic carbocycles. The summed E-state index contributed by atoms with van der Waals surface area (Å²) >= 11 is 0. The minimum Gasteiger partial charge on any atom is -0.484 e. The van der Waals surface area contributed by atoms with Crippen LogP contribution in [-0.4, -0.2) is 47.5 Å². The lowest BCUT2D eigenvalue weighted by molar-refractivity contribution is -0.126. The van der Waals surface area contributed by atoms with Crippen LogP contribution in [0.15, 0.2) is 24.3 Å². The molecule has 0 spiro atoms. The highest BCUT2D eigenvalue weighted by Gasteiger charge is 2.32. The molecular weight excluding hydrogens is 320 g/mol. The summed E-state index contributed by atoms with van der Waals surface area (Å²) in [5.41, 5.74) is 2.30. The Morgan fingerprint density at radius 2 is 2.16 bits per heavy atom. The Kier molecular flexibility index (Phi) is 5.30. The van der Waals surface area contributed by atoms with Crippen molar-refractivity contribution in [2.75, 3.05) is 13.7 Å². The summed E-state index contributed by atoms with van der Waals surface area (Å²) in [4.78, 5) is 12.2. The Morgan fingerprint density at radius 1 is 1.36 bits per heavy atom. The van der Waals surface area contributed by atoms with Gasteiger partial charge in [0.05, 0.1) is 12.1 Å². The lowest BCUT2D eigenvalue weighted by atomic mass is 9.90. The molecule has 1 amide bonds. The predicted octanol–water partition coefficient (Wildman–Crippen LogP) is 1.91. The standard InChI is InChI=1S/C19H26N2O4/c1-12-9-13-10-14(7-8-16(13)21(12)2)25-11-18(22)20-15-5-4-6-17(24-3)19(15)23/h7-10,15,17,19,23H,4-6,11H2,1-3H3,(H,20,22)/t15-,17-,19-/m1/s1. The van der Waals surface area contributed by atoms with Crippen LogP contribution in [0, 0.1) is 6.92 Å². The number of carbonyl (C=O) groups is 1. The third-order valence-electron chi connectivity index (χ3n) is 5.07. The number of benzene rings is 1. The summed E-state index contributed by atoms with van der Waals surface area (Å²) in [5, 5.41) is 14.2. The number of nitrogens with one attached hydrogen (secondary N) is 1. The number of amides is 1. The van der Waals surface area contributed by atoms with Crippen LogP contribution in [0.4, 0.5) is 0 Å². The van der Waals surface area contributed by atoms with E-state index in [4.69, 9.17) is 9.47 Å². The first-order valence-electron chi connectivity index (χ1n) is 8.68. The van der Waals surface area contributed by atoms with Crippen molar-refractivity contribution in [3.8, 4) is 5.75 Å². The monoisotopic (exact) mass is 346 g/mol. The van der Waals surface area contributed by atoms with Crippen LogP contribution in [-0.2, 0) is 16.6 Å². The zero-order chi connectivity index (χ0) is 18.0. The Hall–Kier alpha value is -2.05. The van der Waals surface area contributed by atoms with Crippen molar-refractivity contribution < 1.29 is 19.4 Å². The van der Waals surface area contributed by atoms with E-state index in [9.17, 15) is 9.90 Å². The Bertz CT molecular complexity index is 755. The second-order valence-corrected chi connectivity index (χ2v) is 6.72. The van der Waals surface area contributed by atoms with Gasteiger partial charge < -0.3 is 24.5 Å². The molecule has 3 rings (SSSR count). The number of methoxy groups -OCH3 is 1. The average Bonchev–Trinajstić information content (AvgIpc) is 2.89. The fraction of sp³-hybridized carbons (Fsp3) is 0.526. The van der Waals surface area contributed by atoms with Crippen LogP contribution < -0.4 is 10.1 Å². The van der Waals surface area contributed by atoms with Crippen LogP contribution in [0.1, 0.15) is 25.0 Å². The molecule has 6 nitrogen and oxygen atoms in total. The van der Waals surface area contributed by atoms with E-state index < -0.39 is 6.10 Å². The number of nitrogens with zero attached hydrogens (tertiary/aromatic N) is 1. The van der Waals surface area contributed by atoms with Crippen molar-refractivity contribution >= 4 is 16.8 Å². The van der Waals surface area contributed by atoms with E-state index in [0.717, 1.165) is 30.2 Å². The molecule has 1 fully saturated rings. The van der Waals surface area contributed by atoms with E-state index in [1.807, 2.05) is 25.2 Å². The fourth-order valence-electron chi connectivity index (χ4n) is 3.51. The van der Waals surface area contributed by atoms with Gasteiger partial charge in [0, 0.05) is 30.8 Å². The van der Waals surface area contributed by atoms with E-state index in [0.29, 0.717) is 5.75 Å². The van der Waals surface area contributed by atoms with Gasteiger partial charge in [-0.15, -0.1) is 0 Å². The number of rotatable bonds is 5. The molecule has 2 N–H and O–H groups in total. The van der Waals surface area contributed by atoms with Gasteiger partial charge in [0.25, 0.3) is 5.91 Å². The predicted molar refractivity (Wildman–Crippen MR) is 95.7 cm³/mol. The van der Waals surface area contributed by atoms with E-state index in [-0.39, 0.29) is 24.7 Å². The molecule has 2 aromatic rings. The Balaban J connectivity index is 1.57. The van der Waals surface area contributed by atoms with Gasteiger partial charge in [-0.2, -0.15) is 0 Å². The molecule has 0 aliphatic heterocycles. The van der Waals surface area contributed by atoms with Crippen LogP contribution in [0.5, 0.6) is 5.75 Å². The molecule has 1 aromatic heterocycles. The SMILES string of the molecule is CO[C@@H]1CCC[C@@H](NC(=O)COc2ccc3c(c2)cc(C)n3C)[C@H]1O. The number of carbonyl (C=O) groups excluding carboxylic acids is 1. The summed E-state index contributed by atoms with van der Waals surface area (Å²) in [6.45, 7) is 1.98. The maximum Gasteiger partial charge on any atom is 0.258 e. The lowest BCUT2D eigenvalue weighted by Gasteiger charge is -2.34. The van der Waals surface area contributed by atoms with Gasteiger partial charge >= 0.3 is 0 Å². The number of aromatic nitrogens is 1. The molecule has 136 valence electrons. The highest BCUT2D eigenvalue weighted by atomic mass is 16.5. The lowest BCUT2D eigenvalue weighted by Crippen LogP contribution is -2.52. The van der Waals surface area contributed by atoms with Gasteiger partial charge in [-0.05, 0) is 50.5 Å². The van der Waals surface area contributed by atoms with Crippen molar-refractivity contribution in [2.24, 2.45) is 7.05 Å². The first-order valence-corrected chi connectivity index (χ1v) is 8.68. The van der Waals surface area contributed by atoms with E-state index in [1.165, 1.54) is 5.69 Å². The third-order valence-corrected chi connectivity index (χ3v) is 5.07. The smallest absolute Gasteiger partial charge is 0.258 e. The summed E-state index contributed by atoms with van der Waals surface area (Å²) in [5.74, 6) is 0.428. The van der Waals surface area contributed by atoms with Gasteiger partial charge in [-0.25, -0.2) is 0 Å². The van der Waals surface area contributed by atoms with Crippen molar-refractivity contribution in [2.45, 2.75) is 44.4 Å². The largest absolute Gasteiger partial charge is 0.484 e. The molecule has 1 saturated carbocycles. The van der Waals surface area contributed by atoms with Gasteiger partial charge in [-0.1, -0.05) is 0 Å². The molecule has 0 radical (unpaired) electrons. The molecule has 0 saturated heterocycles. The Morgan fingerprint density at radius 3 is 2.92 bits per heavy atom. The van der Waals surface area contributed by atoms with Crippen LogP contribution in [0.25, 0.3) is 10.9 Å². The molecule has 6 heteroatoms. The minimum atomic E-state index is -0.675. The third kappa shape index (κ3) is 3.80. The average molecular weight is 346 g/mol. The molecule has 0 bridgehead atoms. The summed E-state index contributed by atoms with van der Waals surface area (Å²) in [6.07, 6.45) is 1.60. The maximum atomic E-state index is 12.2.